The van der Waals surface area contributed by atoms with Crippen molar-refractivity contribution < 1.29 is 18.3 Å². The van der Waals surface area contributed by atoms with E-state index in [4.69, 9.17) is 4.74 Å². The van der Waals surface area contributed by atoms with Gasteiger partial charge in [-0.2, -0.15) is 0 Å². The Hall–Kier alpha value is -2.49. The number of carbonyl (C=O) groups is 1. The smallest absolute Gasteiger partial charge is 0.334 e. The molecule has 0 spiro atoms. The van der Waals surface area contributed by atoms with Crippen LogP contribution in [0, 0.1) is 11.6 Å². The van der Waals surface area contributed by atoms with Crippen molar-refractivity contribution in [1.82, 2.24) is 0 Å². The number of halogens is 2. The molecule has 0 bridgehead atoms. The van der Waals surface area contributed by atoms with Crippen LogP contribution in [0.25, 0.3) is 0 Å². The second-order valence-electron chi connectivity index (χ2n) is 4.94. The van der Waals surface area contributed by atoms with Gasteiger partial charge in [-0.25, -0.2) is 13.6 Å². The predicted molar refractivity (Wildman–Crippen MR) is 73.5 cm³/mol. The van der Waals surface area contributed by atoms with Gasteiger partial charge in [0.05, 0.1) is 5.92 Å². The first-order chi connectivity index (χ1) is 10.1. The summed E-state index contributed by atoms with van der Waals surface area (Å²) in [6.07, 6.45) is -0.618. The Balaban J connectivity index is 2.08. The summed E-state index contributed by atoms with van der Waals surface area (Å²) in [5.74, 6) is -2.52. The lowest BCUT2D eigenvalue weighted by Crippen LogP contribution is -2.08. The highest BCUT2D eigenvalue weighted by atomic mass is 19.1. The molecule has 0 saturated carbocycles. The van der Waals surface area contributed by atoms with Gasteiger partial charge >= 0.3 is 5.97 Å². The zero-order chi connectivity index (χ0) is 15.0. The Morgan fingerprint density at radius 2 is 1.57 bits per heavy atom. The van der Waals surface area contributed by atoms with Gasteiger partial charge in [-0.3, -0.25) is 0 Å². The minimum absolute atomic E-state index is 0.203. The van der Waals surface area contributed by atoms with Crippen molar-refractivity contribution in [3.63, 3.8) is 0 Å². The van der Waals surface area contributed by atoms with Crippen LogP contribution in [-0.2, 0) is 9.53 Å². The van der Waals surface area contributed by atoms with Gasteiger partial charge in [-0.05, 0) is 23.3 Å². The Morgan fingerprint density at radius 3 is 2.19 bits per heavy atom. The normalized spacial score (nSPS) is 21.4. The zero-order valence-corrected chi connectivity index (χ0v) is 11.1. The molecule has 4 heteroatoms. The van der Waals surface area contributed by atoms with Crippen LogP contribution in [0.3, 0.4) is 0 Å². The van der Waals surface area contributed by atoms with E-state index in [1.807, 2.05) is 18.2 Å². The molecule has 2 aromatic carbocycles. The minimum Gasteiger partial charge on any atom is -0.453 e. The standard InChI is InChI=1S/C17H12F2O2/c1-10-15(12-7-13(18)9-14(19)8-12)16(21-17(10)20)11-5-3-2-4-6-11/h2-9,15-16H,1H2/t15-,16+/m0/s1. The molecule has 1 aliphatic heterocycles. The monoisotopic (exact) mass is 286 g/mol. The summed E-state index contributed by atoms with van der Waals surface area (Å²) < 4.78 is 32.2. The molecule has 0 unspecified atom stereocenters. The molecule has 0 radical (unpaired) electrons. The molecular formula is C17H12F2O2. The molecule has 1 aliphatic rings. The summed E-state index contributed by atoms with van der Waals surface area (Å²) in [6, 6.07) is 12.3. The van der Waals surface area contributed by atoms with Crippen molar-refractivity contribution in [1.29, 1.82) is 0 Å². The number of carbonyl (C=O) groups excluding carboxylic acids is 1. The number of rotatable bonds is 2. The van der Waals surface area contributed by atoms with E-state index in [1.165, 1.54) is 12.1 Å². The number of benzene rings is 2. The number of esters is 1. The number of ether oxygens (including phenoxy) is 1. The van der Waals surface area contributed by atoms with Crippen LogP contribution in [0.1, 0.15) is 23.1 Å². The summed E-state index contributed by atoms with van der Waals surface area (Å²) in [6.45, 7) is 3.71. The van der Waals surface area contributed by atoms with E-state index in [0.29, 0.717) is 5.56 Å². The van der Waals surface area contributed by atoms with Crippen LogP contribution in [0.2, 0.25) is 0 Å². The van der Waals surface area contributed by atoms with Crippen molar-refractivity contribution in [2.24, 2.45) is 0 Å². The Morgan fingerprint density at radius 1 is 0.952 bits per heavy atom. The van der Waals surface area contributed by atoms with Gasteiger partial charge in [-0.15, -0.1) is 0 Å². The summed E-state index contributed by atoms with van der Waals surface area (Å²) in [7, 11) is 0. The van der Waals surface area contributed by atoms with Crippen molar-refractivity contribution in [3.8, 4) is 0 Å². The van der Waals surface area contributed by atoms with Crippen LogP contribution < -0.4 is 0 Å². The summed E-state index contributed by atoms with van der Waals surface area (Å²) >= 11 is 0. The second kappa shape index (κ2) is 5.13. The van der Waals surface area contributed by atoms with E-state index < -0.39 is 29.6 Å². The summed E-state index contributed by atoms with van der Waals surface area (Å²) in [5.41, 5.74) is 1.31. The first-order valence-corrected chi connectivity index (χ1v) is 6.47. The highest BCUT2D eigenvalue weighted by molar-refractivity contribution is 5.92. The fourth-order valence-corrected chi connectivity index (χ4v) is 2.60. The maximum atomic E-state index is 13.4. The van der Waals surface area contributed by atoms with E-state index in [2.05, 4.69) is 6.58 Å². The van der Waals surface area contributed by atoms with Crippen molar-refractivity contribution in [2.45, 2.75) is 12.0 Å². The molecule has 21 heavy (non-hydrogen) atoms. The molecule has 1 saturated heterocycles. The topological polar surface area (TPSA) is 26.3 Å². The van der Waals surface area contributed by atoms with Gasteiger partial charge in [0, 0.05) is 11.6 Å². The highest BCUT2D eigenvalue weighted by Crippen LogP contribution is 2.45. The average Bonchev–Trinajstić information content (AvgIpc) is 2.75. The number of hydrogen-bond donors (Lipinski definition) is 0. The molecule has 2 atom stereocenters. The quantitative estimate of drug-likeness (QED) is 0.618. The molecule has 2 nitrogen and oxygen atoms in total. The van der Waals surface area contributed by atoms with Crippen molar-refractivity contribution in [2.75, 3.05) is 0 Å². The Bertz CT molecular complexity index is 690. The molecule has 3 rings (SSSR count). The second-order valence-corrected chi connectivity index (χ2v) is 4.94. The maximum absolute atomic E-state index is 13.4. The molecule has 106 valence electrons. The summed E-state index contributed by atoms with van der Waals surface area (Å²) in [4.78, 5) is 11.8. The van der Waals surface area contributed by atoms with E-state index in [1.54, 1.807) is 12.1 Å². The lowest BCUT2D eigenvalue weighted by atomic mass is 9.86. The number of hydrogen-bond acceptors (Lipinski definition) is 2. The first-order valence-electron chi connectivity index (χ1n) is 6.47. The van der Waals surface area contributed by atoms with Crippen molar-refractivity contribution in [3.05, 3.63) is 83.4 Å². The van der Waals surface area contributed by atoms with Crippen LogP contribution in [-0.4, -0.2) is 5.97 Å². The van der Waals surface area contributed by atoms with E-state index in [-0.39, 0.29) is 5.57 Å². The van der Waals surface area contributed by atoms with Gasteiger partial charge in [-0.1, -0.05) is 36.9 Å². The average molecular weight is 286 g/mol. The third-order valence-electron chi connectivity index (χ3n) is 3.55. The molecular weight excluding hydrogens is 274 g/mol. The zero-order valence-electron chi connectivity index (χ0n) is 11.1. The third kappa shape index (κ3) is 2.44. The fraction of sp³-hybridized carbons (Fsp3) is 0.118. The van der Waals surface area contributed by atoms with E-state index in [9.17, 15) is 13.6 Å². The van der Waals surface area contributed by atoms with Crippen LogP contribution in [0.15, 0.2) is 60.7 Å². The molecule has 0 N–H and O–H groups in total. The lowest BCUT2D eigenvalue weighted by molar-refractivity contribution is -0.139. The van der Waals surface area contributed by atoms with Crippen LogP contribution in [0.4, 0.5) is 8.78 Å². The Kier molecular flexibility index (Phi) is 3.29. The fourth-order valence-electron chi connectivity index (χ4n) is 2.60. The van der Waals surface area contributed by atoms with E-state index >= 15 is 0 Å². The minimum atomic E-state index is -0.691. The molecule has 0 aliphatic carbocycles. The third-order valence-corrected chi connectivity index (χ3v) is 3.55. The van der Waals surface area contributed by atoms with Gasteiger partial charge in [0.25, 0.3) is 0 Å². The molecule has 1 fully saturated rings. The van der Waals surface area contributed by atoms with Crippen LogP contribution in [0.5, 0.6) is 0 Å². The van der Waals surface area contributed by atoms with Gasteiger partial charge in [0.15, 0.2) is 0 Å². The molecule has 1 heterocycles. The SMILES string of the molecule is C=C1C(=O)O[C@H](c2ccccc2)[C@@H]1c1cc(F)cc(F)c1. The highest BCUT2D eigenvalue weighted by Gasteiger charge is 2.40. The molecule has 0 aromatic heterocycles. The summed E-state index contributed by atoms with van der Waals surface area (Å²) in [5, 5.41) is 0. The largest absolute Gasteiger partial charge is 0.453 e. The van der Waals surface area contributed by atoms with Crippen LogP contribution >= 0.6 is 0 Å². The van der Waals surface area contributed by atoms with Gasteiger partial charge < -0.3 is 4.74 Å². The van der Waals surface area contributed by atoms with Crippen molar-refractivity contribution >= 4 is 5.97 Å². The predicted octanol–water partition coefficient (Wildman–Crippen LogP) is 3.90. The first kappa shape index (κ1) is 13.5. The van der Waals surface area contributed by atoms with E-state index in [0.717, 1.165) is 11.6 Å². The Labute approximate surface area is 120 Å². The number of cyclic esters (lactones) is 1. The molecule has 0 amide bonds. The van der Waals surface area contributed by atoms with Gasteiger partial charge in [0.2, 0.25) is 0 Å². The molecule has 2 aromatic rings. The maximum Gasteiger partial charge on any atom is 0.334 e. The lowest BCUT2D eigenvalue weighted by Gasteiger charge is -2.18. The van der Waals surface area contributed by atoms with Gasteiger partial charge in [0.1, 0.15) is 17.7 Å².